The molecule has 1 aliphatic heterocycles. The Labute approximate surface area is 143 Å². The van der Waals surface area contributed by atoms with E-state index in [2.05, 4.69) is 20.9 Å². The summed E-state index contributed by atoms with van der Waals surface area (Å²) in [5, 5.41) is 10.7. The van der Waals surface area contributed by atoms with Crippen molar-refractivity contribution in [2.45, 2.75) is 18.9 Å². The molecule has 1 N–H and O–H groups in total. The van der Waals surface area contributed by atoms with Gasteiger partial charge in [-0.2, -0.15) is 0 Å². The lowest BCUT2D eigenvalue weighted by Crippen LogP contribution is -2.38. The van der Waals surface area contributed by atoms with Gasteiger partial charge in [-0.05, 0) is 36.6 Å². The fourth-order valence-corrected chi connectivity index (χ4v) is 4.23. The molecule has 23 heavy (non-hydrogen) atoms. The summed E-state index contributed by atoms with van der Waals surface area (Å²) in [6.07, 6.45) is 3.19. The number of thiophene rings is 1. The maximum absolute atomic E-state index is 9.93. The minimum absolute atomic E-state index is 0.274. The Balaban J connectivity index is 1.76. The topological polar surface area (TPSA) is 49.2 Å². The zero-order valence-corrected chi connectivity index (χ0v) is 14.0. The summed E-state index contributed by atoms with van der Waals surface area (Å²) in [5.74, 6) is 0.930. The number of aliphatic hydroxyl groups excluding tert-OH is 1. The van der Waals surface area contributed by atoms with Crippen molar-refractivity contribution in [3.8, 4) is 10.4 Å². The average Bonchev–Trinajstić information content (AvgIpc) is 2.99. The van der Waals surface area contributed by atoms with Crippen LogP contribution in [0.1, 0.15) is 12.8 Å². The first kappa shape index (κ1) is 14.9. The van der Waals surface area contributed by atoms with E-state index in [1.807, 2.05) is 24.3 Å². The second-order valence-corrected chi connectivity index (χ2v) is 7.26. The standard InChI is InChI=1S/C17H16ClN3OS/c18-12-5-3-11(4-6-12)15-8-14-16(23-15)17(20-10-19-14)21-7-1-2-13(22)9-21/h3-6,8,10,13,22H,1-2,7,9H2/t13-/m0/s1. The van der Waals surface area contributed by atoms with E-state index in [0.717, 1.165) is 50.9 Å². The molecule has 1 saturated heterocycles. The molecule has 4 rings (SSSR count). The fourth-order valence-electron chi connectivity index (χ4n) is 2.97. The second kappa shape index (κ2) is 6.07. The van der Waals surface area contributed by atoms with E-state index in [-0.39, 0.29) is 6.10 Å². The molecule has 1 fully saturated rings. The summed E-state index contributed by atoms with van der Waals surface area (Å²) in [4.78, 5) is 12.2. The third kappa shape index (κ3) is 2.92. The first-order chi connectivity index (χ1) is 11.2. The number of anilines is 1. The molecule has 3 aromatic rings. The van der Waals surface area contributed by atoms with Gasteiger partial charge in [0.05, 0.1) is 16.3 Å². The van der Waals surface area contributed by atoms with Gasteiger partial charge in [-0.25, -0.2) is 9.97 Å². The van der Waals surface area contributed by atoms with Crippen LogP contribution in [0.2, 0.25) is 5.02 Å². The van der Waals surface area contributed by atoms with Gasteiger partial charge in [-0.15, -0.1) is 11.3 Å². The van der Waals surface area contributed by atoms with Gasteiger partial charge in [-0.3, -0.25) is 0 Å². The van der Waals surface area contributed by atoms with Crippen LogP contribution in [-0.2, 0) is 0 Å². The quantitative estimate of drug-likeness (QED) is 0.763. The van der Waals surface area contributed by atoms with Crippen molar-refractivity contribution >= 4 is 39.0 Å². The predicted molar refractivity (Wildman–Crippen MR) is 95.3 cm³/mol. The number of hydrogen-bond donors (Lipinski definition) is 1. The van der Waals surface area contributed by atoms with Crippen molar-refractivity contribution in [3.05, 3.63) is 41.7 Å². The molecule has 1 aliphatic rings. The number of benzene rings is 1. The molecule has 0 saturated carbocycles. The van der Waals surface area contributed by atoms with E-state index in [1.54, 1.807) is 17.7 Å². The van der Waals surface area contributed by atoms with Crippen molar-refractivity contribution in [3.63, 3.8) is 0 Å². The summed E-state index contributed by atoms with van der Waals surface area (Å²) in [7, 11) is 0. The minimum Gasteiger partial charge on any atom is -0.391 e. The summed E-state index contributed by atoms with van der Waals surface area (Å²) < 4.78 is 1.08. The van der Waals surface area contributed by atoms with E-state index in [0.29, 0.717) is 6.54 Å². The zero-order chi connectivity index (χ0) is 15.8. The second-order valence-electron chi connectivity index (χ2n) is 5.77. The largest absolute Gasteiger partial charge is 0.391 e. The molecule has 0 spiro atoms. The average molecular weight is 346 g/mol. The van der Waals surface area contributed by atoms with Gasteiger partial charge in [0, 0.05) is 23.0 Å². The molecular weight excluding hydrogens is 330 g/mol. The number of nitrogens with zero attached hydrogens (tertiary/aromatic N) is 3. The van der Waals surface area contributed by atoms with Crippen LogP contribution in [0, 0.1) is 0 Å². The monoisotopic (exact) mass is 345 g/mol. The lowest BCUT2D eigenvalue weighted by molar-refractivity contribution is 0.154. The summed E-state index contributed by atoms with van der Waals surface area (Å²) >= 11 is 7.66. The SMILES string of the molecule is O[C@H]1CCCN(c2ncnc3cc(-c4ccc(Cl)cc4)sc23)C1. The highest BCUT2D eigenvalue weighted by Gasteiger charge is 2.22. The molecule has 6 heteroatoms. The Morgan fingerprint density at radius 1 is 1.22 bits per heavy atom. The molecule has 0 aliphatic carbocycles. The molecule has 0 bridgehead atoms. The van der Waals surface area contributed by atoms with Crippen molar-refractivity contribution in [2.24, 2.45) is 0 Å². The van der Waals surface area contributed by atoms with E-state index in [4.69, 9.17) is 11.6 Å². The summed E-state index contributed by atoms with van der Waals surface area (Å²) in [6, 6.07) is 9.92. The number of β-amino-alcohol motifs (C(OH)–C–C–N with tert-alkyl or cyclic N) is 1. The van der Waals surface area contributed by atoms with Gasteiger partial charge in [0.1, 0.15) is 12.1 Å². The molecule has 0 radical (unpaired) electrons. The molecule has 2 aromatic heterocycles. The van der Waals surface area contributed by atoms with Crippen molar-refractivity contribution in [2.75, 3.05) is 18.0 Å². The van der Waals surface area contributed by atoms with E-state index in [1.165, 1.54) is 0 Å². The summed E-state index contributed by atoms with van der Waals surface area (Å²) in [5.41, 5.74) is 2.08. The molecule has 0 unspecified atom stereocenters. The van der Waals surface area contributed by atoms with Gasteiger partial charge >= 0.3 is 0 Å². The predicted octanol–water partition coefficient (Wildman–Crippen LogP) is 3.97. The third-order valence-electron chi connectivity index (χ3n) is 4.12. The number of hydrogen-bond acceptors (Lipinski definition) is 5. The van der Waals surface area contributed by atoms with Crippen LogP contribution < -0.4 is 4.90 Å². The zero-order valence-electron chi connectivity index (χ0n) is 12.4. The Morgan fingerprint density at radius 2 is 2.04 bits per heavy atom. The maximum atomic E-state index is 9.93. The van der Waals surface area contributed by atoms with Gasteiger partial charge in [0.15, 0.2) is 0 Å². The Bertz CT molecular complexity index is 833. The highest BCUT2D eigenvalue weighted by atomic mass is 35.5. The van der Waals surface area contributed by atoms with Crippen LogP contribution in [0.4, 0.5) is 5.82 Å². The molecule has 3 heterocycles. The number of rotatable bonds is 2. The number of aromatic nitrogens is 2. The molecule has 1 atom stereocenters. The molecule has 0 amide bonds. The van der Waals surface area contributed by atoms with Crippen LogP contribution in [0.5, 0.6) is 0 Å². The van der Waals surface area contributed by atoms with Crippen LogP contribution in [-0.4, -0.2) is 34.3 Å². The van der Waals surface area contributed by atoms with E-state index >= 15 is 0 Å². The van der Waals surface area contributed by atoms with Gasteiger partial charge < -0.3 is 10.0 Å². The van der Waals surface area contributed by atoms with Crippen molar-refractivity contribution in [1.29, 1.82) is 0 Å². The van der Waals surface area contributed by atoms with Gasteiger partial charge in [-0.1, -0.05) is 23.7 Å². The van der Waals surface area contributed by atoms with Crippen LogP contribution >= 0.6 is 22.9 Å². The molecule has 1 aromatic carbocycles. The van der Waals surface area contributed by atoms with Gasteiger partial charge in [0.25, 0.3) is 0 Å². The molecule has 4 nitrogen and oxygen atoms in total. The Hall–Kier alpha value is -1.69. The first-order valence-electron chi connectivity index (χ1n) is 7.64. The lowest BCUT2D eigenvalue weighted by atomic mass is 10.1. The number of fused-ring (bicyclic) bond motifs is 1. The summed E-state index contributed by atoms with van der Waals surface area (Å²) in [6.45, 7) is 1.57. The Kier molecular flexibility index (Phi) is 3.93. The van der Waals surface area contributed by atoms with E-state index in [9.17, 15) is 5.11 Å². The fraction of sp³-hybridized carbons (Fsp3) is 0.294. The number of piperidine rings is 1. The third-order valence-corrected chi connectivity index (χ3v) is 5.54. The van der Waals surface area contributed by atoms with E-state index < -0.39 is 0 Å². The molecular formula is C17H16ClN3OS. The lowest BCUT2D eigenvalue weighted by Gasteiger charge is -2.31. The highest BCUT2D eigenvalue weighted by Crippen LogP contribution is 2.37. The van der Waals surface area contributed by atoms with Crippen LogP contribution in [0.25, 0.3) is 20.7 Å². The van der Waals surface area contributed by atoms with Crippen molar-refractivity contribution < 1.29 is 5.11 Å². The van der Waals surface area contributed by atoms with Crippen LogP contribution in [0.15, 0.2) is 36.7 Å². The minimum atomic E-state index is -0.274. The first-order valence-corrected chi connectivity index (χ1v) is 8.83. The smallest absolute Gasteiger partial charge is 0.150 e. The Morgan fingerprint density at radius 3 is 2.83 bits per heavy atom. The van der Waals surface area contributed by atoms with Crippen molar-refractivity contribution in [1.82, 2.24) is 9.97 Å². The number of aliphatic hydroxyl groups is 1. The normalized spacial score (nSPS) is 18.5. The molecule has 118 valence electrons. The number of halogens is 1. The maximum Gasteiger partial charge on any atom is 0.150 e. The van der Waals surface area contributed by atoms with Crippen LogP contribution in [0.3, 0.4) is 0 Å². The van der Waals surface area contributed by atoms with Gasteiger partial charge in [0.2, 0.25) is 0 Å². The highest BCUT2D eigenvalue weighted by molar-refractivity contribution is 7.22.